The summed E-state index contributed by atoms with van der Waals surface area (Å²) in [5.41, 5.74) is 1.08. The van der Waals surface area contributed by atoms with E-state index in [1.54, 1.807) is 23.1 Å². The van der Waals surface area contributed by atoms with Crippen LogP contribution in [0.3, 0.4) is 0 Å². The molecule has 0 radical (unpaired) electrons. The Morgan fingerprint density at radius 1 is 1.08 bits per heavy atom. The Balaban J connectivity index is 1.66. The maximum atomic E-state index is 14.7. The van der Waals surface area contributed by atoms with Gasteiger partial charge >= 0.3 is 12.1 Å². The zero-order valence-electron chi connectivity index (χ0n) is 19.7. The van der Waals surface area contributed by atoms with Crippen molar-refractivity contribution in [2.24, 2.45) is 0 Å². The van der Waals surface area contributed by atoms with Gasteiger partial charge in [-0.05, 0) is 35.9 Å². The number of aliphatic carboxylic acids is 1. The number of carboxylic acids is 1. The molecule has 0 saturated carbocycles. The van der Waals surface area contributed by atoms with Crippen LogP contribution >= 0.6 is 11.6 Å². The fourth-order valence-corrected chi connectivity index (χ4v) is 4.05. The molecule has 1 fully saturated rings. The minimum Gasteiger partial charge on any atom is -0.480 e. The largest absolute Gasteiger partial charge is 0.480 e. The van der Waals surface area contributed by atoms with Crippen LogP contribution < -0.4 is 15.5 Å². The number of alkyl halides is 3. The fraction of sp³-hybridized carbons (Fsp3) is 0.417. The molecule has 1 saturated heterocycles. The molecule has 37 heavy (non-hydrogen) atoms. The predicted octanol–water partition coefficient (Wildman–Crippen LogP) is 3.34. The van der Waals surface area contributed by atoms with E-state index in [-0.39, 0.29) is 18.7 Å². The number of halogens is 5. The first-order valence-electron chi connectivity index (χ1n) is 11.5. The molecule has 0 spiro atoms. The number of aliphatic hydroxyl groups is 1. The molecule has 1 atom stereocenters. The second-order valence-corrected chi connectivity index (χ2v) is 9.01. The molecule has 13 heteroatoms. The normalized spacial score (nSPS) is 15.5. The summed E-state index contributed by atoms with van der Waals surface area (Å²) in [5, 5.41) is 23.7. The van der Waals surface area contributed by atoms with E-state index in [1.807, 2.05) is 4.90 Å². The minimum atomic E-state index is -4.22. The molecule has 1 aliphatic heterocycles. The third kappa shape index (κ3) is 8.29. The number of hydrogen-bond acceptors (Lipinski definition) is 6. The third-order valence-electron chi connectivity index (χ3n) is 5.94. The molecule has 0 bridgehead atoms. The summed E-state index contributed by atoms with van der Waals surface area (Å²) in [5.74, 6) is -2.79. The Kier molecular flexibility index (Phi) is 9.71. The zero-order valence-corrected chi connectivity index (χ0v) is 20.4. The van der Waals surface area contributed by atoms with Gasteiger partial charge in [0.05, 0.1) is 30.0 Å². The van der Waals surface area contributed by atoms with Gasteiger partial charge in [-0.15, -0.1) is 0 Å². The van der Waals surface area contributed by atoms with Crippen LogP contribution in [0.25, 0.3) is 0 Å². The Bertz CT molecular complexity index is 1110. The molecule has 202 valence electrons. The van der Waals surface area contributed by atoms with Gasteiger partial charge in [-0.25, -0.2) is 4.39 Å². The number of nitrogens with zero attached hydrogens (tertiary/aromatic N) is 2. The number of piperazine rings is 1. The standard InChI is InChI=1S/C24H27ClF4N4O4/c25-16-2-4-19(21(12-16)33-9-7-32(8-10-33)6-5-24(27,28)29)31-22(35)17-3-1-15(11-18(17)26)13-30-20(14-34)23(36)37/h1-4,11-12,20,30,34H,5-10,13-14H2,(H,31,35)(H,36,37). The van der Waals surface area contributed by atoms with Gasteiger partial charge < -0.3 is 20.4 Å². The first-order chi connectivity index (χ1) is 17.5. The molecule has 1 amide bonds. The number of hydrogen-bond donors (Lipinski definition) is 4. The van der Waals surface area contributed by atoms with E-state index in [0.717, 1.165) is 6.07 Å². The number of amides is 1. The summed E-state index contributed by atoms with van der Waals surface area (Å²) in [6, 6.07) is 7.39. The molecule has 0 aromatic heterocycles. The smallest absolute Gasteiger partial charge is 0.390 e. The number of carboxylic acid groups (broad SMARTS) is 1. The molecule has 3 rings (SSSR count). The molecular formula is C24H27ClF4N4O4. The van der Waals surface area contributed by atoms with Gasteiger partial charge in [-0.3, -0.25) is 19.8 Å². The van der Waals surface area contributed by atoms with Crippen LogP contribution in [0, 0.1) is 5.82 Å². The predicted molar refractivity (Wildman–Crippen MR) is 130 cm³/mol. The van der Waals surface area contributed by atoms with Gasteiger partial charge in [-0.2, -0.15) is 13.2 Å². The summed E-state index contributed by atoms with van der Waals surface area (Å²) in [4.78, 5) is 27.5. The van der Waals surface area contributed by atoms with E-state index in [9.17, 15) is 27.2 Å². The minimum absolute atomic E-state index is 0.0351. The van der Waals surface area contributed by atoms with Gasteiger partial charge in [0, 0.05) is 44.3 Å². The lowest BCUT2D eigenvalue weighted by atomic mass is 10.1. The molecule has 0 aliphatic carbocycles. The van der Waals surface area contributed by atoms with Gasteiger partial charge in [0.1, 0.15) is 11.9 Å². The molecule has 2 aromatic rings. The van der Waals surface area contributed by atoms with Crippen LogP contribution in [-0.4, -0.2) is 78.5 Å². The van der Waals surface area contributed by atoms with Crippen molar-refractivity contribution < 1.29 is 37.4 Å². The Labute approximate surface area is 215 Å². The van der Waals surface area contributed by atoms with Crippen LogP contribution in [0.4, 0.5) is 28.9 Å². The van der Waals surface area contributed by atoms with Crippen LogP contribution in [-0.2, 0) is 11.3 Å². The Hall–Kier alpha value is -2.93. The Morgan fingerprint density at radius 3 is 2.38 bits per heavy atom. The van der Waals surface area contributed by atoms with Crippen molar-refractivity contribution in [2.45, 2.75) is 25.2 Å². The van der Waals surface area contributed by atoms with Gasteiger partial charge in [-0.1, -0.05) is 17.7 Å². The van der Waals surface area contributed by atoms with Crippen molar-refractivity contribution in [1.29, 1.82) is 0 Å². The quantitative estimate of drug-likeness (QED) is 0.339. The van der Waals surface area contributed by atoms with Gasteiger partial charge in [0.2, 0.25) is 0 Å². The van der Waals surface area contributed by atoms with Crippen molar-refractivity contribution in [3.8, 4) is 0 Å². The summed E-state index contributed by atoms with van der Waals surface area (Å²) < 4.78 is 52.3. The van der Waals surface area contributed by atoms with E-state index in [4.69, 9.17) is 21.8 Å². The highest BCUT2D eigenvalue weighted by Gasteiger charge is 2.29. The number of anilines is 2. The summed E-state index contributed by atoms with van der Waals surface area (Å²) >= 11 is 6.15. The maximum absolute atomic E-state index is 14.7. The first kappa shape index (κ1) is 28.6. The highest BCUT2D eigenvalue weighted by Crippen LogP contribution is 2.31. The van der Waals surface area contributed by atoms with Crippen LogP contribution in [0.15, 0.2) is 36.4 Å². The number of aliphatic hydroxyl groups excluding tert-OH is 1. The highest BCUT2D eigenvalue weighted by atomic mass is 35.5. The number of benzene rings is 2. The number of nitrogens with one attached hydrogen (secondary N) is 2. The lowest BCUT2D eigenvalue weighted by Crippen LogP contribution is -2.47. The zero-order chi connectivity index (χ0) is 27.2. The SMILES string of the molecule is O=C(Nc1ccc(Cl)cc1N1CCN(CCC(F)(F)F)CC1)c1ccc(CNC(CO)C(=O)O)cc1F. The number of carbonyl (C=O) groups excluding carboxylic acids is 1. The molecule has 2 aromatic carbocycles. The highest BCUT2D eigenvalue weighted by molar-refractivity contribution is 6.31. The average Bonchev–Trinajstić information content (AvgIpc) is 2.84. The lowest BCUT2D eigenvalue weighted by molar-refractivity contribution is -0.140. The molecule has 1 heterocycles. The van der Waals surface area contributed by atoms with Crippen LogP contribution in [0.1, 0.15) is 22.3 Å². The monoisotopic (exact) mass is 546 g/mol. The van der Waals surface area contributed by atoms with E-state index < -0.39 is 42.9 Å². The van der Waals surface area contributed by atoms with Crippen LogP contribution in [0.2, 0.25) is 5.02 Å². The average molecular weight is 547 g/mol. The summed E-state index contributed by atoms with van der Waals surface area (Å²) in [6.45, 7) is 0.887. The Morgan fingerprint density at radius 2 is 1.78 bits per heavy atom. The fourth-order valence-electron chi connectivity index (χ4n) is 3.88. The van der Waals surface area contributed by atoms with Crippen LogP contribution in [0.5, 0.6) is 0 Å². The first-order valence-corrected chi connectivity index (χ1v) is 11.8. The number of rotatable bonds is 10. The third-order valence-corrected chi connectivity index (χ3v) is 6.18. The molecule has 1 aliphatic rings. The second kappa shape index (κ2) is 12.5. The lowest BCUT2D eigenvalue weighted by Gasteiger charge is -2.37. The molecule has 8 nitrogen and oxygen atoms in total. The molecule has 1 unspecified atom stereocenters. The molecule has 4 N–H and O–H groups in total. The van der Waals surface area contributed by atoms with Gasteiger partial charge in [0.25, 0.3) is 5.91 Å². The van der Waals surface area contributed by atoms with Crippen molar-refractivity contribution in [3.63, 3.8) is 0 Å². The van der Waals surface area contributed by atoms with Crippen molar-refractivity contribution in [1.82, 2.24) is 10.2 Å². The van der Waals surface area contributed by atoms with E-state index >= 15 is 0 Å². The van der Waals surface area contributed by atoms with Crippen molar-refractivity contribution in [3.05, 3.63) is 58.4 Å². The topological polar surface area (TPSA) is 105 Å². The van der Waals surface area contributed by atoms with E-state index in [0.29, 0.717) is 48.1 Å². The van der Waals surface area contributed by atoms with Crippen molar-refractivity contribution >= 4 is 34.9 Å². The molecular weight excluding hydrogens is 520 g/mol. The summed E-state index contributed by atoms with van der Waals surface area (Å²) in [6.07, 6.45) is -5.10. The maximum Gasteiger partial charge on any atom is 0.390 e. The van der Waals surface area contributed by atoms with Gasteiger partial charge in [0.15, 0.2) is 0 Å². The van der Waals surface area contributed by atoms with Crippen molar-refractivity contribution in [2.75, 3.05) is 49.5 Å². The van der Waals surface area contributed by atoms with E-state index in [2.05, 4.69) is 10.6 Å². The van der Waals surface area contributed by atoms with E-state index in [1.165, 1.54) is 12.1 Å². The second-order valence-electron chi connectivity index (χ2n) is 8.58. The summed E-state index contributed by atoms with van der Waals surface area (Å²) in [7, 11) is 0. The number of carbonyl (C=O) groups is 2.